The minimum absolute atomic E-state index is 0.289. The number of carbonyl (C=O) groups is 1. The van der Waals surface area contributed by atoms with E-state index < -0.39 is 0 Å². The first-order valence-corrected chi connectivity index (χ1v) is 5.80. The maximum absolute atomic E-state index is 11.0. The summed E-state index contributed by atoms with van der Waals surface area (Å²) in [6, 6.07) is 0.349. The van der Waals surface area contributed by atoms with Crippen molar-refractivity contribution in [1.29, 1.82) is 0 Å². The van der Waals surface area contributed by atoms with Crippen LogP contribution in [0.1, 0.15) is 26.7 Å². The molecule has 0 aliphatic carbocycles. The Hall–Kier alpha value is -0.870. The van der Waals surface area contributed by atoms with Crippen molar-refractivity contribution in [2.75, 3.05) is 26.9 Å². The molecular weight excluding hydrogens is 206 g/mol. The summed E-state index contributed by atoms with van der Waals surface area (Å²) < 4.78 is 9.86. The van der Waals surface area contributed by atoms with Crippen LogP contribution in [0.2, 0.25) is 0 Å². The van der Waals surface area contributed by atoms with E-state index in [9.17, 15) is 4.79 Å². The molecule has 0 fully saturated rings. The molecule has 0 aliphatic rings. The molecule has 0 heterocycles. The molecule has 0 rings (SSSR count). The van der Waals surface area contributed by atoms with Crippen LogP contribution in [0.3, 0.4) is 0 Å². The second kappa shape index (κ2) is 10.6. The van der Waals surface area contributed by atoms with Crippen molar-refractivity contribution in [3.05, 3.63) is 12.2 Å². The molecule has 16 heavy (non-hydrogen) atoms. The number of ether oxygens (including phenoxy) is 2. The lowest BCUT2D eigenvalue weighted by molar-refractivity contribution is -0.137. The van der Waals surface area contributed by atoms with Gasteiger partial charge in [-0.2, -0.15) is 0 Å². The van der Waals surface area contributed by atoms with Gasteiger partial charge in [0.15, 0.2) is 0 Å². The van der Waals surface area contributed by atoms with E-state index in [1.54, 1.807) is 20.1 Å². The van der Waals surface area contributed by atoms with Gasteiger partial charge < -0.3 is 14.8 Å². The summed E-state index contributed by atoms with van der Waals surface area (Å²) in [4.78, 5) is 11.0. The van der Waals surface area contributed by atoms with Crippen molar-refractivity contribution in [2.24, 2.45) is 0 Å². The molecule has 0 aliphatic heterocycles. The van der Waals surface area contributed by atoms with E-state index in [2.05, 4.69) is 12.2 Å². The Morgan fingerprint density at radius 3 is 2.75 bits per heavy atom. The molecule has 4 nitrogen and oxygen atoms in total. The van der Waals surface area contributed by atoms with Gasteiger partial charge in [-0.3, -0.25) is 0 Å². The van der Waals surface area contributed by atoms with Crippen LogP contribution in [0.25, 0.3) is 0 Å². The molecule has 0 aromatic carbocycles. The van der Waals surface area contributed by atoms with Crippen LogP contribution >= 0.6 is 0 Å². The van der Waals surface area contributed by atoms with Gasteiger partial charge in [-0.05, 0) is 13.3 Å². The summed E-state index contributed by atoms with van der Waals surface area (Å²) >= 11 is 0. The van der Waals surface area contributed by atoms with Crippen LogP contribution in [0.4, 0.5) is 0 Å². The normalized spacial score (nSPS) is 12.9. The summed E-state index contributed by atoms with van der Waals surface area (Å²) in [5.41, 5.74) is 0. The third-order valence-corrected chi connectivity index (χ3v) is 2.07. The van der Waals surface area contributed by atoms with Gasteiger partial charge in [0.25, 0.3) is 0 Å². The number of nitrogens with one attached hydrogen (secondary N) is 1. The lowest BCUT2D eigenvalue weighted by Crippen LogP contribution is -2.33. The van der Waals surface area contributed by atoms with Crippen molar-refractivity contribution >= 4 is 5.97 Å². The molecule has 4 heteroatoms. The molecule has 1 N–H and O–H groups in total. The van der Waals surface area contributed by atoms with Crippen LogP contribution in [0, 0.1) is 0 Å². The fourth-order valence-corrected chi connectivity index (χ4v) is 1.37. The SMILES string of the molecule is CCCC(COC)NC/C=C/C(=O)OCC. The second-order valence-corrected chi connectivity index (χ2v) is 3.50. The minimum atomic E-state index is -0.289. The van der Waals surface area contributed by atoms with Crippen LogP contribution in [0.15, 0.2) is 12.2 Å². The Bertz CT molecular complexity index is 198. The van der Waals surface area contributed by atoms with Crippen molar-refractivity contribution in [2.45, 2.75) is 32.7 Å². The topological polar surface area (TPSA) is 47.6 Å². The van der Waals surface area contributed by atoms with E-state index in [0.29, 0.717) is 25.8 Å². The van der Waals surface area contributed by atoms with Crippen LogP contribution in [-0.4, -0.2) is 38.9 Å². The lowest BCUT2D eigenvalue weighted by Gasteiger charge is -2.15. The van der Waals surface area contributed by atoms with Crippen LogP contribution < -0.4 is 5.32 Å². The molecule has 0 saturated heterocycles. The zero-order valence-corrected chi connectivity index (χ0v) is 10.5. The molecule has 0 amide bonds. The largest absolute Gasteiger partial charge is 0.463 e. The molecule has 0 bridgehead atoms. The van der Waals surface area contributed by atoms with E-state index in [1.807, 2.05) is 0 Å². The quantitative estimate of drug-likeness (QED) is 0.481. The molecule has 94 valence electrons. The standard InChI is InChI=1S/C12H23NO3/c1-4-7-11(10-15-3)13-9-6-8-12(14)16-5-2/h6,8,11,13H,4-5,7,9-10H2,1-3H3/b8-6+. The average Bonchev–Trinajstić information content (AvgIpc) is 2.25. The third-order valence-electron chi connectivity index (χ3n) is 2.07. The van der Waals surface area contributed by atoms with Crippen molar-refractivity contribution in [3.8, 4) is 0 Å². The Labute approximate surface area is 98.0 Å². The second-order valence-electron chi connectivity index (χ2n) is 3.50. The third kappa shape index (κ3) is 8.44. The number of hydrogen-bond acceptors (Lipinski definition) is 4. The van der Waals surface area contributed by atoms with Crippen molar-refractivity contribution < 1.29 is 14.3 Å². The smallest absolute Gasteiger partial charge is 0.330 e. The number of carbonyl (C=O) groups excluding carboxylic acids is 1. The summed E-state index contributed by atoms with van der Waals surface area (Å²) in [5, 5.41) is 3.30. The lowest BCUT2D eigenvalue weighted by atomic mass is 10.2. The molecule has 0 saturated carbocycles. The van der Waals surface area contributed by atoms with Gasteiger partial charge >= 0.3 is 5.97 Å². The van der Waals surface area contributed by atoms with E-state index in [4.69, 9.17) is 9.47 Å². The van der Waals surface area contributed by atoms with Crippen molar-refractivity contribution in [3.63, 3.8) is 0 Å². The van der Waals surface area contributed by atoms with Gasteiger partial charge in [0.1, 0.15) is 0 Å². The predicted octanol–water partition coefficient (Wildman–Crippen LogP) is 1.51. The van der Waals surface area contributed by atoms with Crippen LogP contribution in [-0.2, 0) is 14.3 Å². The molecule has 0 radical (unpaired) electrons. The first kappa shape index (κ1) is 15.1. The maximum Gasteiger partial charge on any atom is 0.330 e. The molecule has 1 atom stereocenters. The van der Waals surface area contributed by atoms with Gasteiger partial charge in [0, 0.05) is 25.8 Å². The highest BCUT2D eigenvalue weighted by Crippen LogP contribution is 1.96. The summed E-state index contributed by atoms with van der Waals surface area (Å²) in [5.74, 6) is -0.289. The Balaban J connectivity index is 3.71. The number of rotatable bonds is 9. The highest BCUT2D eigenvalue weighted by atomic mass is 16.5. The zero-order chi connectivity index (χ0) is 12.2. The van der Waals surface area contributed by atoms with Gasteiger partial charge in [-0.25, -0.2) is 4.79 Å². The average molecular weight is 229 g/mol. The minimum Gasteiger partial charge on any atom is -0.463 e. The number of hydrogen-bond donors (Lipinski definition) is 1. The summed E-state index contributed by atoms with van der Waals surface area (Å²) in [6.45, 7) is 5.70. The molecule has 0 spiro atoms. The zero-order valence-electron chi connectivity index (χ0n) is 10.5. The van der Waals surface area contributed by atoms with Crippen molar-refractivity contribution in [1.82, 2.24) is 5.32 Å². The van der Waals surface area contributed by atoms with Gasteiger partial charge in [-0.15, -0.1) is 0 Å². The van der Waals surface area contributed by atoms with Crippen LogP contribution in [0.5, 0.6) is 0 Å². The highest BCUT2D eigenvalue weighted by molar-refractivity contribution is 5.81. The van der Waals surface area contributed by atoms with E-state index >= 15 is 0 Å². The number of esters is 1. The predicted molar refractivity (Wildman–Crippen MR) is 64.3 cm³/mol. The highest BCUT2D eigenvalue weighted by Gasteiger charge is 2.04. The van der Waals surface area contributed by atoms with E-state index in [-0.39, 0.29) is 5.97 Å². The summed E-state index contributed by atoms with van der Waals surface area (Å²) in [7, 11) is 1.69. The van der Waals surface area contributed by atoms with E-state index in [0.717, 1.165) is 12.8 Å². The molecule has 0 aromatic heterocycles. The Morgan fingerprint density at radius 1 is 1.44 bits per heavy atom. The van der Waals surface area contributed by atoms with Gasteiger partial charge in [0.05, 0.1) is 13.2 Å². The molecular formula is C12H23NO3. The fraction of sp³-hybridized carbons (Fsp3) is 0.750. The Kier molecular flexibility index (Phi) is 10.1. The van der Waals surface area contributed by atoms with E-state index in [1.165, 1.54) is 6.08 Å². The van der Waals surface area contributed by atoms with Gasteiger partial charge in [0.2, 0.25) is 0 Å². The first-order chi connectivity index (χ1) is 7.74. The molecule has 0 aromatic rings. The first-order valence-electron chi connectivity index (χ1n) is 5.80. The summed E-state index contributed by atoms with van der Waals surface area (Å²) in [6.07, 6.45) is 5.41. The number of methoxy groups -OCH3 is 1. The monoisotopic (exact) mass is 229 g/mol. The van der Waals surface area contributed by atoms with Gasteiger partial charge in [-0.1, -0.05) is 19.4 Å². The fourth-order valence-electron chi connectivity index (χ4n) is 1.37. The molecule has 1 unspecified atom stereocenters. The Morgan fingerprint density at radius 2 is 2.19 bits per heavy atom. The maximum atomic E-state index is 11.0.